The van der Waals surface area contributed by atoms with Crippen LogP contribution in [-0.2, 0) is 0 Å². The molecule has 1 heterocycles. The zero-order valence-corrected chi connectivity index (χ0v) is 15.4. The van der Waals surface area contributed by atoms with Crippen LogP contribution in [0.4, 0.5) is 0 Å². The highest BCUT2D eigenvalue weighted by molar-refractivity contribution is 5.87. The molecule has 0 saturated carbocycles. The van der Waals surface area contributed by atoms with Gasteiger partial charge in [-0.2, -0.15) is 0 Å². The lowest BCUT2D eigenvalue weighted by Gasteiger charge is -2.11. The number of aromatic nitrogens is 1. The van der Waals surface area contributed by atoms with Crippen LogP contribution in [-0.4, -0.2) is 4.98 Å². The van der Waals surface area contributed by atoms with Crippen molar-refractivity contribution in [3.63, 3.8) is 0 Å². The molecule has 0 unspecified atom stereocenters. The average Bonchev–Trinajstić information content (AvgIpc) is 2.79. The van der Waals surface area contributed by atoms with Gasteiger partial charge in [0, 0.05) is 11.1 Å². The first-order valence-corrected chi connectivity index (χ1v) is 9.49. The molecule has 0 N–H and O–H groups in total. The minimum Gasteiger partial charge on any atom is -0.248 e. The Morgan fingerprint density at radius 3 is 1.64 bits per heavy atom. The molecular formula is C27H19N. The van der Waals surface area contributed by atoms with E-state index in [9.17, 15) is 0 Å². The fourth-order valence-corrected chi connectivity index (χ4v) is 3.58. The summed E-state index contributed by atoms with van der Waals surface area (Å²) in [5.74, 6) is 0. The van der Waals surface area contributed by atoms with Gasteiger partial charge in [0.15, 0.2) is 0 Å². The van der Waals surface area contributed by atoms with E-state index in [1.165, 1.54) is 21.9 Å². The van der Waals surface area contributed by atoms with E-state index in [2.05, 4.69) is 103 Å². The molecule has 0 saturated heterocycles. The summed E-state index contributed by atoms with van der Waals surface area (Å²) in [5.41, 5.74) is 6.62. The first kappa shape index (κ1) is 16.5. The quantitative estimate of drug-likeness (QED) is 0.332. The maximum absolute atomic E-state index is 5.01. The van der Waals surface area contributed by atoms with E-state index in [4.69, 9.17) is 4.98 Å². The lowest BCUT2D eigenvalue weighted by Crippen LogP contribution is -1.91. The van der Waals surface area contributed by atoms with Crippen molar-refractivity contribution in [2.24, 2.45) is 0 Å². The maximum atomic E-state index is 5.01. The third-order valence-electron chi connectivity index (χ3n) is 5.05. The summed E-state index contributed by atoms with van der Waals surface area (Å²) in [6.45, 7) is 0. The monoisotopic (exact) mass is 357 g/mol. The van der Waals surface area contributed by atoms with Gasteiger partial charge in [-0.3, -0.25) is 0 Å². The van der Waals surface area contributed by atoms with Gasteiger partial charge in [-0.15, -0.1) is 0 Å². The van der Waals surface area contributed by atoms with Crippen LogP contribution < -0.4 is 0 Å². The predicted molar refractivity (Wildman–Crippen MR) is 118 cm³/mol. The molecule has 0 aliphatic heterocycles. The molecule has 0 bridgehead atoms. The summed E-state index contributed by atoms with van der Waals surface area (Å²) < 4.78 is 0. The smallest absolute Gasteiger partial charge is 0.0715 e. The van der Waals surface area contributed by atoms with Crippen LogP contribution in [0.25, 0.3) is 44.4 Å². The second kappa shape index (κ2) is 7.13. The fraction of sp³-hybridized carbons (Fsp3) is 0. The Labute approximate surface area is 165 Å². The van der Waals surface area contributed by atoms with Crippen molar-refractivity contribution in [3.8, 4) is 33.6 Å². The van der Waals surface area contributed by atoms with E-state index >= 15 is 0 Å². The summed E-state index contributed by atoms with van der Waals surface area (Å²) in [6.07, 6.45) is 0. The van der Waals surface area contributed by atoms with Gasteiger partial charge in [-0.25, -0.2) is 4.98 Å². The number of hydrogen-bond acceptors (Lipinski definition) is 1. The molecule has 0 radical (unpaired) electrons. The second-order valence-corrected chi connectivity index (χ2v) is 6.92. The van der Waals surface area contributed by atoms with Crippen LogP contribution in [0.5, 0.6) is 0 Å². The van der Waals surface area contributed by atoms with Gasteiger partial charge in [0.1, 0.15) is 0 Å². The Morgan fingerprint density at radius 2 is 0.929 bits per heavy atom. The third kappa shape index (κ3) is 3.19. The Morgan fingerprint density at radius 1 is 0.357 bits per heavy atom. The van der Waals surface area contributed by atoms with E-state index < -0.39 is 0 Å². The first-order chi connectivity index (χ1) is 13.9. The molecule has 1 heteroatoms. The molecule has 5 aromatic rings. The Balaban J connectivity index is 1.72. The molecule has 0 aliphatic carbocycles. The van der Waals surface area contributed by atoms with Gasteiger partial charge in [0.2, 0.25) is 0 Å². The Bertz CT molecular complexity index is 1180. The van der Waals surface area contributed by atoms with E-state index in [0.29, 0.717) is 0 Å². The highest BCUT2D eigenvalue weighted by atomic mass is 14.7. The minimum absolute atomic E-state index is 0.991. The van der Waals surface area contributed by atoms with E-state index in [-0.39, 0.29) is 0 Å². The molecule has 0 aliphatic rings. The minimum atomic E-state index is 0.991. The van der Waals surface area contributed by atoms with Gasteiger partial charge in [0.05, 0.1) is 11.4 Å². The molecule has 1 aromatic heterocycles. The average molecular weight is 357 g/mol. The number of rotatable bonds is 3. The second-order valence-electron chi connectivity index (χ2n) is 6.92. The zero-order valence-electron chi connectivity index (χ0n) is 15.4. The molecule has 5 rings (SSSR count). The molecule has 0 amide bonds. The van der Waals surface area contributed by atoms with E-state index in [1.54, 1.807) is 0 Å². The summed E-state index contributed by atoms with van der Waals surface area (Å²) in [4.78, 5) is 5.01. The summed E-state index contributed by atoms with van der Waals surface area (Å²) in [7, 11) is 0. The number of pyridine rings is 1. The molecule has 0 atom stereocenters. The van der Waals surface area contributed by atoms with Gasteiger partial charge < -0.3 is 0 Å². The first-order valence-electron chi connectivity index (χ1n) is 9.49. The van der Waals surface area contributed by atoms with Crippen LogP contribution in [0.2, 0.25) is 0 Å². The standard InChI is InChI=1S/C27H19N/c1-3-9-20(10-4-1)25-18-26(22-12-5-2-6-13-22)28-27(19-25)24-16-15-21-11-7-8-14-23(21)17-24/h1-19H. The highest BCUT2D eigenvalue weighted by Gasteiger charge is 2.09. The van der Waals surface area contributed by atoms with Crippen molar-refractivity contribution < 1.29 is 0 Å². The van der Waals surface area contributed by atoms with Crippen molar-refractivity contribution >= 4 is 10.8 Å². The van der Waals surface area contributed by atoms with Crippen LogP contribution >= 0.6 is 0 Å². The van der Waals surface area contributed by atoms with Crippen LogP contribution in [0.3, 0.4) is 0 Å². The highest BCUT2D eigenvalue weighted by Crippen LogP contribution is 2.31. The molecule has 132 valence electrons. The summed E-state index contributed by atoms with van der Waals surface area (Å²) in [6, 6.07) is 40.2. The van der Waals surface area contributed by atoms with Crippen molar-refractivity contribution in [2.45, 2.75) is 0 Å². The third-order valence-corrected chi connectivity index (χ3v) is 5.05. The zero-order chi connectivity index (χ0) is 18.8. The molecule has 4 aromatic carbocycles. The Kier molecular flexibility index (Phi) is 4.19. The number of benzene rings is 4. The SMILES string of the molecule is c1ccc(-c2cc(-c3ccccc3)nc(-c3ccc4ccccc4c3)c2)cc1. The lowest BCUT2D eigenvalue weighted by molar-refractivity contribution is 1.32. The lowest BCUT2D eigenvalue weighted by atomic mass is 9.99. The van der Waals surface area contributed by atoms with Crippen molar-refractivity contribution in [2.75, 3.05) is 0 Å². The number of hydrogen-bond donors (Lipinski definition) is 0. The van der Waals surface area contributed by atoms with Crippen LogP contribution in [0, 0.1) is 0 Å². The summed E-state index contributed by atoms with van der Waals surface area (Å²) in [5, 5.41) is 2.47. The molecule has 28 heavy (non-hydrogen) atoms. The van der Waals surface area contributed by atoms with Gasteiger partial charge >= 0.3 is 0 Å². The normalized spacial score (nSPS) is 10.9. The van der Waals surface area contributed by atoms with E-state index in [0.717, 1.165) is 22.5 Å². The molecule has 0 fully saturated rings. The molecular weight excluding hydrogens is 338 g/mol. The Hall–Kier alpha value is -3.71. The fourth-order valence-electron chi connectivity index (χ4n) is 3.58. The predicted octanol–water partition coefficient (Wildman–Crippen LogP) is 7.24. The van der Waals surface area contributed by atoms with E-state index in [1.807, 2.05) is 12.1 Å². The van der Waals surface area contributed by atoms with Crippen molar-refractivity contribution in [1.29, 1.82) is 0 Å². The van der Waals surface area contributed by atoms with Crippen molar-refractivity contribution in [1.82, 2.24) is 4.98 Å². The van der Waals surface area contributed by atoms with Gasteiger partial charge in [-0.05, 0) is 40.1 Å². The number of nitrogens with zero attached hydrogens (tertiary/aromatic N) is 1. The topological polar surface area (TPSA) is 12.9 Å². The molecule has 1 nitrogen and oxygen atoms in total. The van der Waals surface area contributed by atoms with Crippen molar-refractivity contribution in [3.05, 3.63) is 115 Å². The largest absolute Gasteiger partial charge is 0.248 e. The van der Waals surface area contributed by atoms with Crippen LogP contribution in [0.1, 0.15) is 0 Å². The molecule has 0 spiro atoms. The maximum Gasteiger partial charge on any atom is 0.0715 e. The van der Waals surface area contributed by atoms with Crippen LogP contribution in [0.15, 0.2) is 115 Å². The summed E-state index contributed by atoms with van der Waals surface area (Å²) >= 11 is 0. The van der Waals surface area contributed by atoms with Gasteiger partial charge in [-0.1, -0.05) is 97.1 Å². The number of fused-ring (bicyclic) bond motifs is 1. The van der Waals surface area contributed by atoms with Gasteiger partial charge in [0.25, 0.3) is 0 Å².